The van der Waals surface area contributed by atoms with Crippen LogP contribution < -0.4 is 5.32 Å². The molecule has 2 aromatic carbocycles. The molecule has 1 aliphatic rings. The molecule has 1 saturated heterocycles. The largest absolute Gasteiger partial charge is 0.357 e. The van der Waals surface area contributed by atoms with E-state index in [2.05, 4.69) is 72.9 Å². The van der Waals surface area contributed by atoms with Crippen molar-refractivity contribution in [2.45, 2.75) is 18.9 Å². The molecule has 3 heteroatoms. The highest BCUT2D eigenvalue weighted by atomic mass is 32.2. The number of hydrogen-bond acceptors (Lipinski definition) is 2. The number of amidine groups is 1. The molecule has 2 aromatic rings. The Hall–Kier alpha value is -1.74. The van der Waals surface area contributed by atoms with Crippen molar-refractivity contribution in [3.8, 4) is 0 Å². The first-order valence-electron chi connectivity index (χ1n) is 7.36. The average Bonchev–Trinajstić information content (AvgIpc) is 3.03. The van der Waals surface area contributed by atoms with Crippen molar-refractivity contribution in [2.75, 3.05) is 12.3 Å². The molecule has 0 bridgehead atoms. The van der Waals surface area contributed by atoms with E-state index in [0.29, 0.717) is 12.0 Å². The number of nitrogens with zero attached hydrogens (tertiary/aromatic N) is 1. The van der Waals surface area contributed by atoms with E-state index in [9.17, 15) is 0 Å². The van der Waals surface area contributed by atoms with Gasteiger partial charge >= 0.3 is 0 Å². The molecular formula is C18H20N2S. The molecule has 0 amide bonds. The lowest BCUT2D eigenvalue weighted by molar-refractivity contribution is 0.735. The Morgan fingerprint density at radius 1 is 1.10 bits per heavy atom. The zero-order valence-corrected chi connectivity index (χ0v) is 13.0. The number of thioether (sulfide) groups is 1. The Morgan fingerprint density at radius 2 is 1.76 bits per heavy atom. The van der Waals surface area contributed by atoms with Crippen LogP contribution in [0.25, 0.3) is 0 Å². The maximum atomic E-state index is 4.74. The van der Waals surface area contributed by atoms with E-state index in [0.717, 1.165) is 17.5 Å². The summed E-state index contributed by atoms with van der Waals surface area (Å²) in [5.41, 5.74) is 2.69. The maximum Gasteiger partial charge on any atom is 0.157 e. The third kappa shape index (κ3) is 3.67. The van der Waals surface area contributed by atoms with Gasteiger partial charge < -0.3 is 5.32 Å². The molecule has 1 fully saturated rings. The fraction of sp³-hybridized carbons (Fsp3) is 0.278. The molecule has 2 nitrogen and oxygen atoms in total. The molecule has 0 spiro atoms. The van der Waals surface area contributed by atoms with Gasteiger partial charge in [-0.05, 0) is 11.1 Å². The normalized spacial score (nSPS) is 21.2. The summed E-state index contributed by atoms with van der Waals surface area (Å²) >= 11 is 1.82. The molecule has 21 heavy (non-hydrogen) atoms. The summed E-state index contributed by atoms with van der Waals surface area (Å²) in [5.74, 6) is 1.51. The summed E-state index contributed by atoms with van der Waals surface area (Å²) in [7, 11) is 0. The zero-order chi connectivity index (χ0) is 14.5. The SMILES string of the molecule is CC(CN=C1NC(c2ccccc2)CS1)c1ccccc1. The smallest absolute Gasteiger partial charge is 0.157 e. The first-order chi connectivity index (χ1) is 10.3. The summed E-state index contributed by atoms with van der Waals surface area (Å²) in [4.78, 5) is 4.74. The molecule has 108 valence electrons. The molecule has 1 N–H and O–H groups in total. The van der Waals surface area contributed by atoms with Gasteiger partial charge in [-0.15, -0.1) is 0 Å². The minimum Gasteiger partial charge on any atom is -0.357 e. The highest BCUT2D eigenvalue weighted by Crippen LogP contribution is 2.26. The molecule has 3 rings (SSSR count). The van der Waals surface area contributed by atoms with E-state index in [1.54, 1.807) is 0 Å². The molecule has 1 heterocycles. The van der Waals surface area contributed by atoms with Crippen LogP contribution >= 0.6 is 11.8 Å². The first-order valence-corrected chi connectivity index (χ1v) is 8.35. The molecular weight excluding hydrogens is 276 g/mol. The number of nitrogens with one attached hydrogen (secondary N) is 1. The molecule has 0 aliphatic carbocycles. The second kappa shape index (κ2) is 6.81. The van der Waals surface area contributed by atoms with Crippen LogP contribution in [0.1, 0.15) is 30.0 Å². The lowest BCUT2D eigenvalue weighted by Gasteiger charge is -2.11. The van der Waals surface area contributed by atoms with E-state index in [-0.39, 0.29) is 0 Å². The number of aliphatic imine (C=N–C) groups is 1. The number of rotatable bonds is 4. The van der Waals surface area contributed by atoms with Gasteiger partial charge in [-0.1, -0.05) is 79.3 Å². The molecule has 0 saturated carbocycles. The van der Waals surface area contributed by atoms with Crippen molar-refractivity contribution in [2.24, 2.45) is 4.99 Å². The predicted octanol–water partition coefficient (Wildman–Crippen LogP) is 4.22. The number of hydrogen-bond donors (Lipinski definition) is 1. The van der Waals surface area contributed by atoms with Gasteiger partial charge in [-0.3, -0.25) is 4.99 Å². The predicted molar refractivity (Wildman–Crippen MR) is 91.9 cm³/mol. The average molecular weight is 296 g/mol. The van der Waals surface area contributed by atoms with Gasteiger partial charge in [0.2, 0.25) is 0 Å². The lowest BCUT2D eigenvalue weighted by Crippen LogP contribution is -2.19. The second-order valence-corrected chi connectivity index (χ2v) is 6.38. The van der Waals surface area contributed by atoms with E-state index in [4.69, 9.17) is 4.99 Å². The Morgan fingerprint density at radius 3 is 2.48 bits per heavy atom. The van der Waals surface area contributed by atoms with Crippen molar-refractivity contribution >= 4 is 16.9 Å². The van der Waals surface area contributed by atoms with Crippen molar-refractivity contribution in [3.05, 3.63) is 71.8 Å². The fourth-order valence-electron chi connectivity index (χ4n) is 2.46. The highest BCUT2D eigenvalue weighted by molar-refractivity contribution is 8.14. The quantitative estimate of drug-likeness (QED) is 0.913. The van der Waals surface area contributed by atoms with Gasteiger partial charge in [-0.25, -0.2) is 0 Å². The lowest BCUT2D eigenvalue weighted by atomic mass is 10.0. The third-order valence-electron chi connectivity index (χ3n) is 3.76. The van der Waals surface area contributed by atoms with Crippen molar-refractivity contribution < 1.29 is 0 Å². The van der Waals surface area contributed by atoms with Gasteiger partial charge in [0.05, 0.1) is 6.04 Å². The Bertz CT molecular complexity index is 595. The van der Waals surface area contributed by atoms with Crippen LogP contribution in [-0.2, 0) is 0 Å². The summed E-state index contributed by atoms with van der Waals surface area (Å²) in [5, 5.41) is 4.60. The van der Waals surface area contributed by atoms with Crippen LogP contribution in [0.2, 0.25) is 0 Å². The third-order valence-corrected chi connectivity index (χ3v) is 4.78. The van der Waals surface area contributed by atoms with Gasteiger partial charge in [0, 0.05) is 18.2 Å². The topological polar surface area (TPSA) is 24.4 Å². The zero-order valence-electron chi connectivity index (χ0n) is 12.2. The summed E-state index contributed by atoms with van der Waals surface area (Å²) in [6.45, 7) is 3.06. The molecule has 0 radical (unpaired) electrons. The van der Waals surface area contributed by atoms with Crippen LogP contribution in [0, 0.1) is 0 Å². The Labute approximate surface area is 130 Å². The van der Waals surface area contributed by atoms with Crippen LogP contribution in [0.15, 0.2) is 65.7 Å². The monoisotopic (exact) mass is 296 g/mol. The van der Waals surface area contributed by atoms with E-state index in [1.807, 2.05) is 11.8 Å². The van der Waals surface area contributed by atoms with Gasteiger partial charge in [0.15, 0.2) is 5.17 Å². The van der Waals surface area contributed by atoms with Crippen molar-refractivity contribution in [1.82, 2.24) is 5.32 Å². The van der Waals surface area contributed by atoms with Crippen LogP contribution in [-0.4, -0.2) is 17.5 Å². The van der Waals surface area contributed by atoms with Crippen LogP contribution in [0.4, 0.5) is 0 Å². The Kier molecular flexibility index (Phi) is 4.61. The fourth-order valence-corrected chi connectivity index (χ4v) is 3.45. The molecule has 2 unspecified atom stereocenters. The first kappa shape index (κ1) is 14.2. The van der Waals surface area contributed by atoms with E-state index >= 15 is 0 Å². The van der Waals surface area contributed by atoms with E-state index < -0.39 is 0 Å². The van der Waals surface area contributed by atoms with E-state index in [1.165, 1.54) is 11.1 Å². The highest BCUT2D eigenvalue weighted by Gasteiger charge is 2.21. The summed E-state index contributed by atoms with van der Waals surface area (Å²) in [6.07, 6.45) is 0. The maximum absolute atomic E-state index is 4.74. The van der Waals surface area contributed by atoms with Crippen molar-refractivity contribution in [1.29, 1.82) is 0 Å². The van der Waals surface area contributed by atoms with Crippen LogP contribution in [0.3, 0.4) is 0 Å². The summed E-state index contributed by atoms with van der Waals surface area (Å²) < 4.78 is 0. The van der Waals surface area contributed by atoms with Gasteiger partial charge in [0.1, 0.15) is 0 Å². The summed E-state index contributed by atoms with van der Waals surface area (Å²) in [6, 6.07) is 21.6. The van der Waals surface area contributed by atoms with Gasteiger partial charge in [0.25, 0.3) is 0 Å². The molecule has 2 atom stereocenters. The molecule has 1 aliphatic heterocycles. The minimum atomic E-state index is 0.391. The second-order valence-electron chi connectivity index (χ2n) is 5.38. The molecule has 0 aromatic heterocycles. The standard InChI is InChI=1S/C18H20N2S/c1-14(15-8-4-2-5-9-15)12-19-18-20-17(13-21-18)16-10-6-3-7-11-16/h2-11,14,17H,12-13H2,1H3,(H,19,20). The number of benzene rings is 2. The van der Waals surface area contributed by atoms with Crippen molar-refractivity contribution in [3.63, 3.8) is 0 Å². The van der Waals surface area contributed by atoms with Gasteiger partial charge in [-0.2, -0.15) is 0 Å². The van der Waals surface area contributed by atoms with Crippen LogP contribution in [0.5, 0.6) is 0 Å². The Balaban J connectivity index is 1.59. The minimum absolute atomic E-state index is 0.391.